The molecule has 0 unspecified atom stereocenters. The molecule has 0 radical (unpaired) electrons. The van der Waals surface area contributed by atoms with Crippen molar-refractivity contribution >= 4 is 17.6 Å². The number of anilines is 1. The second kappa shape index (κ2) is 8.45. The third kappa shape index (κ3) is 5.83. The van der Waals surface area contributed by atoms with E-state index in [2.05, 4.69) is 16.3 Å². The Morgan fingerprint density at radius 1 is 1.28 bits per heavy atom. The van der Waals surface area contributed by atoms with Crippen LogP contribution in [-0.2, 0) is 27.4 Å². The number of fused-ring (bicyclic) bond motifs is 1. The van der Waals surface area contributed by atoms with Crippen LogP contribution in [0, 0.1) is 5.41 Å². The van der Waals surface area contributed by atoms with Crippen molar-refractivity contribution in [3.05, 3.63) is 29.3 Å². The summed E-state index contributed by atoms with van der Waals surface area (Å²) in [4.78, 5) is 25.6. The number of ether oxygens (including phenoxy) is 1. The van der Waals surface area contributed by atoms with E-state index in [-0.39, 0.29) is 18.7 Å². The van der Waals surface area contributed by atoms with Gasteiger partial charge in [-0.1, -0.05) is 26.0 Å². The monoisotopic (exact) mass is 348 g/mol. The molecule has 1 aromatic rings. The van der Waals surface area contributed by atoms with Gasteiger partial charge in [0.1, 0.15) is 0 Å². The Bertz CT molecular complexity index is 628. The summed E-state index contributed by atoms with van der Waals surface area (Å²) in [5, 5.41) is 11.9. The van der Waals surface area contributed by atoms with Crippen LogP contribution in [0.3, 0.4) is 0 Å². The lowest BCUT2D eigenvalue weighted by molar-refractivity contribution is -0.139. The van der Waals surface area contributed by atoms with Crippen LogP contribution in [0.4, 0.5) is 5.69 Å². The zero-order valence-electron chi connectivity index (χ0n) is 15.3. The van der Waals surface area contributed by atoms with Gasteiger partial charge in [-0.3, -0.25) is 14.5 Å². The van der Waals surface area contributed by atoms with Gasteiger partial charge in [0.2, 0.25) is 5.91 Å². The molecule has 0 spiro atoms. The fourth-order valence-corrected chi connectivity index (χ4v) is 3.30. The van der Waals surface area contributed by atoms with Gasteiger partial charge in [0.25, 0.3) is 0 Å². The molecule has 1 amide bonds. The summed E-state index contributed by atoms with van der Waals surface area (Å²) in [5.41, 5.74) is 2.66. The highest BCUT2D eigenvalue weighted by Gasteiger charge is 2.27. The Balaban J connectivity index is 1.98. The average Bonchev–Trinajstić information content (AvgIpc) is 2.89. The quantitative estimate of drug-likeness (QED) is 0.671. The molecule has 6 heteroatoms. The summed E-state index contributed by atoms with van der Waals surface area (Å²) in [7, 11) is 1.71. The van der Waals surface area contributed by atoms with Crippen molar-refractivity contribution < 1.29 is 19.4 Å². The first-order valence-electron chi connectivity index (χ1n) is 8.64. The Kier molecular flexibility index (Phi) is 6.56. The van der Waals surface area contributed by atoms with E-state index in [0.29, 0.717) is 0 Å². The van der Waals surface area contributed by atoms with E-state index in [1.54, 1.807) is 21.0 Å². The number of carboxylic acid groups (broad SMARTS) is 1. The predicted octanol–water partition coefficient (Wildman–Crippen LogP) is 2.87. The van der Waals surface area contributed by atoms with E-state index in [4.69, 9.17) is 9.84 Å². The molecule has 1 aromatic carbocycles. The largest absolute Gasteiger partial charge is 0.481 e. The third-order valence-electron chi connectivity index (χ3n) is 4.41. The number of carbonyl (C=O) groups excluding carboxylic acids is 1. The number of hydrogen-bond donors (Lipinski definition) is 2. The molecular weight excluding hydrogens is 320 g/mol. The van der Waals surface area contributed by atoms with Gasteiger partial charge in [-0.2, -0.15) is 0 Å². The number of methoxy groups -OCH3 is 1. The van der Waals surface area contributed by atoms with Crippen molar-refractivity contribution in [1.29, 1.82) is 0 Å². The van der Waals surface area contributed by atoms with Gasteiger partial charge in [-0.25, -0.2) is 0 Å². The van der Waals surface area contributed by atoms with Crippen LogP contribution >= 0.6 is 0 Å². The molecule has 0 bridgehead atoms. The molecule has 1 aliphatic heterocycles. The molecule has 25 heavy (non-hydrogen) atoms. The molecule has 138 valence electrons. The van der Waals surface area contributed by atoms with Crippen LogP contribution in [0.5, 0.6) is 0 Å². The van der Waals surface area contributed by atoms with Gasteiger partial charge in [-0.05, 0) is 29.0 Å². The second-order valence-corrected chi connectivity index (χ2v) is 7.46. The predicted molar refractivity (Wildman–Crippen MR) is 96.3 cm³/mol. The Morgan fingerprint density at radius 2 is 2.04 bits per heavy atom. The first kappa shape index (κ1) is 19.4. The highest BCUT2D eigenvalue weighted by molar-refractivity contribution is 5.92. The molecule has 0 aromatic heterocycles. The van der Waals surface area contributed by atoms with Crippen molar-refractivity contribution in [3.8, 4) is 0 Å². The zero-order valence-corrected chi connectivity index (χ0v) is 15.3. The maximum atomic E-state index is 12.4. The molecule has 6 nitrogen and oxygen atoms in total. The van der Waals surface area contributed by atoms with E-state index in [1.807, 2.05) is 12.1 Å². The smallest absolute Gasteiger partial charge is 0.303 e. The van der Waals surface area contributed by atoms with Crippen molar-refractivity contribution in [1.82, 2.24) is 4.90 Å². The van der Waals surface area contributed by atoms with Gasteiger partial charge in [0.15, 0.2) is 0 Å². The fourth-order valence-electron chi connectivity index (χ4n) is 3.30. The molecule has 0 aliphatic carbocycles. The summed E-state index contributed by atoms with van der Waals surface area (Å²) in [6, 6.07) is 5.96. The highest BCUT2D eigenvalue weighted by Crippen LogP contribution is 2.31. The minimum absolute atomic E-state index is 0.0272. The van der Waals surface area contributed by atoms with Crippen LogP contribution in [0.25, 0.3) is 0 Å². The number of benzene rings is 1. The number of amides is 1. The number of nitrogens with zero attached hydrogens (tertiary/aromatic N) is 1. The van der Waals surface area contributed by atoms with Crippen LogP contribution in [0.1, 0.15) is 44.2 Å². The lowest BCUT2D eigenvalue weighted by atomic mass is 9.85. The van der Waals surface area contributed by atoms with Gasteiger partial charge in [0, 0.05) is 45.5 Å². The standard InChI is InChI=1S/C19H28N2O4/c1-19(2,11-18(23)24)10-17(22)20-16-7-4-6-14-12-21(13-15(14)16)8-5-9-25-3/h4,6-7H,5,8-13H2,1-3H3,(H,20,22)(H,23,24). The lowest BCUT2D eigenvalue weighted by Crippen LogP contribution is -2.25. The molecule has 2 rings (SSSR count). The van der Waals surface area contributed by atoms with E-state index in [0.717, 1.165) is 43.9 Å². The molecular formula is C19H28N2O4. The molecule has 2 N–H and O–H groups in total. The van der Waals surface area contributed by atoms with Crippen molar-refractivity contribution in [3.63, 3.8) is 0 Å². The molecule has 0 saturated carbocycles. The first-order valence-corrected chi connectivity index (χ1v) is 8.64. The fraction of sp³-hybridized carbons (Fsp3) is 0.579. The SMILES string of the molecule is COCCCN1Cc2cccc(NC(=O)CC(C)(C)CC(=O)O)c2C1. The normalized spacial score (nSPS) is 14.4. The third-order valence-corrected chi connectivity index (χ3v) is 4.41. The van der Waals surface area contributed by atoms with Crippen molar-refractivity contribution in [2.75, 3.05) is 25.6 Å². The summed E-state index contributed by atoms with van der Waals surface area (Å²) in [6.07, 6.45) is 1.14. The zero-order chi connectivity index (χ0) is 18.4. The van der Waals surface area contributed by atoms with Crippen LogP contribution in [0.15, 0.2) is 18.2 Å². The Hall–Kier alpha value is -1.92. The minimum Gasteiger partial charge on any atom is -0.481 e. The van der Waals surface area contributed by atoms with Crippen LogP contribution in [0.2, 0.25) is 0 Å². The topological polar surface area (TPSA) is 78.9 Å². The van der Waals surface area contributed by atoms with Crippen molar-refractivity contribution in [2.24, 2.45) is 5.41 Å². The first-order chi connectivity index (χ1) is 11.8. The molecule has 1 aliphatic rings. The van der Waals surface area contributed by atoms with Gasteiger partial charge < -0.3 is 15.2 Å². The maximum Gasteiger partial charge on any atom is 0.303 e. The molecule has 0 atom stereocenters. The number of rotatable bonds is 9. The highest BCUT2D eigenvalue weighted by atomic mass is 16.5. The average molecular weight is 348 g/mol. The Morgan fingerprint density at radius 3 is 2.72 bits per heavy atom. The summed E-state index contributed by atoms with van der Waals surface area (Å²) >= 11 is 0. The molecule has 1 heterocycles. The number of aliphatic carboxylic acids is 1. The number of carboxylic acids is 1. The van der Waals surface area contributed by atoms with E-state index in [1.165, 1.54) is 5.56 Å². The number of hydrogen-bond acceptors (Lipinski definition) is 4. The van der Waals surface area contributed by atoms with Gasteiger partial charge in [-0.15, -0.1) is 0 Å². The van der Waals surface area contributed by atoms with Crippen molar-refractivity contribution in [2.45, 2.75) is 46.2 Å². The van der Waals surface area contributed by atoms with Crippen LogP contribution in [-0.4, -0.2) is 42.1 Å². The number of carbonyl (C=O) groups is 2. The summed E-state index contributed by atoms with van der Waals surface area (Å²) in [5.74, 6) is -1.03. The molecule has 0 fully saturated rings. The van der Waals surface area contributed by atoms with E-state index < -0.39 is 11.4 Å². The molecule has 0 saturated heterocycles. The van der Waals surface area contributed by atoms with Gasteiger partial charge >= 0.3 is 5.97 Å². The van der Waals surface area contributed by atoms with E-state index >= 15 is 0 Å². The second-order valence-electron chi connectivity index (χ2n) is 7.46. The van der Waals surface area contributed by atoms with E-state index in [9.17, 15) is 9.59 Å². The summed E-state index contributed by atoms with van der Waals surface area (Å²) in [6.45, 7) is 7.00. The Labute approximate surface area is 149 Å². The summed E-state index contributed by atoms with van der Waals surface area (Å²) < 4.78 is 5.10. The van der Waals surface area contributed by atoms with Crippen LogP contribution < -0.4 is 5.32 Å². The maximum absolute atomic E-state index is 12.4. The lowest BCUT2D eigenvalue weighted by Gasteiger charge is -2.22. The number of nitrogens with one attached hydrogen (secondary N) is 1. The minimum atomic E-state index is -0.884. The van der Waals surface area contributed by atoms with Gasteiger partial charge in [0.05, 0.1) is 6.42 Å².